The van der Waals surface area contributed by atoms with E-state index in [9.17, 15) is 9.90 Å². The summed E-state index contributed by atoms with van der Waals surface area (Å²) in [5.41, 5.74) is -0.660. The highest BCUT2D eigenvalue weighted by Crippen LogP contribution is 2.28. The topological polar surface area (TPSA) is 49.3 Å². The highest BCUT2D eigenvalue weighted by atomic mass is 32.2. The molecule has 4 heteroatoms. The fraction of sp³-hybridized carbons (Fsp3) is 0.500. The Kier molecular flexibility index (Phi) is 4.66. The van der Waals surface area contributed by atoms with Crippen LogP contribution in [0.2, 0.25) is 0 Å². The number of amides is 1. The molecule has 0 aromatic heterocycles. The lowest BCUT2D eigenvalue weighted by Gasteiger charge is -2.22. The summed E-state index contributed by atoms with van der Waals surface area (Å²) in [4.78, 5) is 12.8. The number of carbonyl (C=O) groups excluding carboxylic acids is 1. The number of nitrogens with one attached hydrogen (secondary N) is 1. The van der Waals surface area contributed by atoms with Crippen molar-refractivity contribution in [1.29, 1.82) is 0 Å². The minimum Gasteiger partial charge on any atom is -0.388 e. The van der Waals surface area contributed by atoms with Gasteiger partial charge >= 0.3 is 0 Å². The van der Waals surface area contributed by atoms with Gasteiger partial charge in [0.05, 0.1) is 11.4 Å². The van der Waals surface area contributed by atoms with E-state index >= 15 is 0 Å². The first-order chi connectivity index (χ1) is 8.68. The molecule has 0 unspecified atom stereocenters. The number of benzene rings is 1. The Hall–Kier alpha value is -1.00. The molecule has 0 spiro atoms. The van der Waals surface area contributed by atoms with Crippen LogP contribution in [-0.4, -0.2) is 28.9 Å². The molecule has 2 N–H and O–H groups in total. The zero-order valence-corrected chi connectivity index (χ0v) is 11.2. The van der Waals surface area contributed by atoms with Crippen molar-refractivity contribution in [2.24, 2.45) is 0 Å². The van der Waals surface area contributed by atoms with Crippen LogP contribution in [0.15, 0.2) is 35.2 Å². The highest BCUT2D eigenvalue weighted by Gasteiger charge is 2.31. The Labute approximate surface area is 112 Å². The second kappa shape index (κ2) is 6.25. The van der Waals surface area contributed by atoms with Crippen LogP contribution in [0.1, 0.15) is 25.7 Å². The van der Waals surface area contributed by atoms with Gasteiger partial charge in [0.1, 0.15) is 0 Å². The Balaban J connectivity index is 1.69. The third kappa shape index (κ3) is 4.03. The number of rotatable bonds is 5. The number of thioether (sulfide) groups is 1. The van der Waals surface area contributed by atoms with Gasteiger partial charge in [-0.3, -0.25) is 4.79 Å². The van der Waals surface area contributed by atoms with E-state index in [4.69, 9.17) is 0 Å². The first-order valence-electron chi connectivity index (χ1n) is 6.35. The summed E-state index contributed by atoms with van der Waals surface area (Å²) >= 11 is 1.52. The summed E-state index contributed by atoms with van der Waals surface area (Å²) in [7, 11) is 0. The van der Waals surface area contributed by atoms with Crippen molar-refractivity contribution in [2.45, 2.75) is 36.2 Å². The summed E-state index contributed by atoms with van der Waals surface area (Å²) in [6.07, 6.45) is 3.73. The smallest absolute Gasteiger partial charge is 0.230 e. The van der Waals surface area contributed by atoms with Gasteiger partial charge in [-0.25, -0.2) is 0 Å². The maximum atomic E-state index is 11.7. The van der Waals surface area contributed by atoms with E-state index in [0.29, 0.717) is 12.3 Å². The van der Waals surface area contributed by atoms with Crippen LogP contribution in [0, 0.1) is 0 Å². The minimum absolute atomic E-state index is 0.0100. The van der Waals surface area contributed by atoms with Crippen LogP contribution in [-0.2, 0) is 4.79 Å². The predicted molar refractivity (Wildman–Crippen MR) is 73.6 cm³/mol. The van der Waals surface area contributed by atoms with E-state index < -0.39 is 5.60 Å². The third-order valence-corrected chi connectivity index (χ3v) is 4.27. The lowest BCUT2D eigenvalue weighted by Crippen LogP contribution is -2.41. The molecule has 2 rings (SSSR count). The molecule has 1 saturated carbocycles. The molecule has 18 heavy (non-hydrogen) atoms. The molecule has 0 radical (unpaired) electrons. The molecular formula is C14H19NO2S. The Morgan fingerprint density at radius 2 is 1.94 bits per heavy atom. The van der Waals surface area contributed by atoms with Crippen molar-refractivity contribution in [1.82, 2.24) is 5.32 Å². The van der Waals surface area contributed by atoms with Crippen LogP contribution in [0.4, 0.5) is 0 Å². The van der Waals surface area contributed by atoms with Gasteiger partial charge in [-0.1, -0.05) is 31.0 Å². The Morgan fingerprint density at radius 1 is 1.28 bits per heavy atom. The van der Waals surface area contributed by atoms with Gasteiger partial charge in [0.2, 0.25) is 5.91 Å². The molecule has 1 aliphatic rings. The Morgan fingerprint density at radius 3 is 2.61 bits per heavy atom. The molecule has 0 bridgehead atoms. The van der Waals surface area contributed by atoms with Crippen molar-refractivity contribution in [3.8, 4) is 0 Å². The van der Waals surface area contributed by atoms with Gasteiger partial charge in [-0.2, -0.15) is 0 Å². The minimum atomic E-state index is -0.660. The van der Waals surface area contributed by atoms with Gasteiger partial charge in [-0.15, -0.1) is 11.8 Å². The number of hydrogen-bond donors (Lipinski definition) is 2. The fourth-order valence-electron chi connectivity index (χ4n) is 2.19. The number of carbonyl (C=O) groups is 1. The maximum Gasteiger partial charge on any atom is 0.230 e. The van der Waals surface area contributed by atoms with E-state index in [1.54, 1.807) is 0 Å². The lowest BCUT2D eigenvalue weighted by molar-refractivity contribution is -0.119. The monoisotopic (exact) mass is 265 g/mol. The van der Waals surface area contributed by atoms with E-state index in [1.165, 1.54) is 11.8 Å². The standard InChI is InChI=1S/C14H19NO2S/c16-13(10-18-12-6-2-1-3-7-12)15-11-14(17)8-4-5-9-14/h1-3,6-7,17H,4-5,8-11H2,(H,15,16). The molecule has 0 saturated heterocycles. The predicted octanol–water partition coefficient (Wildman–Crippen LogP) is 2.20. The van der Waals surface area contributed by atoms with Crippen LogP contribution < -0.4 is 5.32 Å². The maximum absolute atomic E-state index is 11.7. The Bertz CT molecular complexity index is 388. The molecule has 0 atom stereocenters. The summed E-state index contributed by atoms with van der Waals surface area (Å²) in [6, 6.07) is 9.85. The average Bonchev–Trinajstić information content (AvgIpc) is 2.83. The summed E-state index contributed by atoms with van der Waals surface area (Å²) < 4.78 is 0. The highest BCUT2D eigenvalue weighted by molar-refractivity contribution is 8.00. The zero-order valence-electron chi connectivity index (χ0n) is 10.4. The molecule has 1 aliphatic carbocycles. The fourth-order valence-corrected chi connectivity index (χ4v) is 2.94. The van der Waals surface area contributed by atoms with Gasteiger partial charge in [0.15, 0.2) is 0 Å². The van der Waals surface area contributed by atoms with Gasteiger partial charge < -0.3 is 10.4 Å². The van der Waals surface area contributed by atoms with Crippen molar-refractivity contribution in [2.75, 3.05) is 12.3 Å². The van der Waals surface area contributed by atoms with Crippen LogP contribution in [0.25, 0.3) is 0 Å². The summed E-state index contributed by atoms with van der Waals surface area (Å²) in [5, 5.41) is 12.9. The van der Waals surface area contributed by atoms with Crippen LogP contribution >= 0.6 is 11.8 Å². The van der Waals surface area contributed by atoms with E-state index in [2.05, 4.69) is 5.32 Å². The molecule has 1 fully saturated rings. The van der Waals surface area contributed by atoms with Gasteiger partial charge in [0, 0.05) is 11.4 Å². The third-order valence-electron chi connectivity index (χ3n) is 3.26. The molecule has 1 aromatic carbocycles. The zero-order chi connectivity index (χ0) is 12.8. The molecule has 3 nitrogen and oxygen atoms in total. The van der Waals surface area contributed by atoms with E-state index in [-0.39, 0.29) is 5.91 Å². The quantitative estimate of drug-likeness (QED) is 0.802. The molecular weight excluding hydrogens is 246 g/mol. The second-order valence-electron chi connectivity index (χ2n) is 4.81. The van der Waals surface area contributed by atoms with E-state index in [0.717, 1.165) is 30.6 Å². The second-order valence-corrected chi connectivity index (χ2v) is 5.86. The first kappa shape index (κ1) is 13.4. The van der Waals surface area contributed by atoms with Gasteiger partial charge in [0.25, 0.3) is 0 Å². The van der Waals surface area contributed by atoms with Crippen molar-refractivity contribution < 1.29 is 9.90 Å². The van der Waals surface area contributed by atoms with E-state index in [1.807, 2.05) is 30.3 Å². The lowest BCUT2D eigenvalue weighted by atomic mass is 10.0. The molecule has 0 aliphatic heterocycles. The number of aliphatic hydroxyl groups is 1. The average molecular weight is 265 g/mol. The normalized spacial score (nSPS) is 17.6. The summed E-state index contributed by atoms with van der Waals surface area (Å²) in [6.45, 7) is 0.390. The van der Waals surface area contributed by atoms with Crippen LogP contribution in [0.5, 0.6) is 0 Å². The van der Waals surface area contributed by atoms with Crippen molar-refractivity contribution in [3.63, 3.8) is 0 Å². The largest absolute Gasteiger partial charge is 0.388 e. The molecule has 98 valence electrons. The SMILES string of the molecule is O=C(CSc1ccccc1)NCC1(O)CCCC1. The van der Waals surface area contributed by atoms with Gasteiger partial charge in [-0.05, 0) is 25.0 Å². The summed E-state index contributed by atoms with van der Waals surface area (Å²) in [5.74, 6) is 0.393. The number of hydrogen-bond acceptors (Lipinski definition) is 3. The van der Waals surface area contributed by atoms with Crippen molar-refractivity contribution >= 4 is 17.7 Å². The molecule has 1 amide bonds. The first-order valence-corrected chi connectivity index (χ1v) is 7.33. The van der Waals surface area contributed by atoms with Crippen LogP contribution in [0.3, 0.4) is 0 Å². The van der Waals surface area contributed by atoms with Crippen molar-refractivity contribution in [3.05, 3.63) is 30.3 Å². The molecule has 0 heterocycles. The molecule has 1 aromatic rings.